The number of hydrogen-bond acceptors (Lipinski definition) is 2. The minimum atomic E-state index is 0.751. The van der Waals surface area contributed by atoms with E-state index in [1.165, 1.54) is 11.3 Å². The van der Waals surface area contributed by atoms with Crippen molar-refractivity contribution >= 4 is 21.9 Å². The number of ether oxygens (including phenoxy) is 1. The normalized spacial score (nSPS) is 15.5. The molecule has 0 radical (unpaired) electrons. The maximum Gasteiger partial charge on any atom is 0.194 e. The second kappa shape index (κ2) is 9.13. The summed E-state index contributed by atoms with van der Waals surface area (Å²) in [5.74, 6) is 0.956. The molecule has 0 amide bonds. The van der Waals surface area contributed by atoms with E-state index in [1.54, 1.807) is 0 Å². The lowest BCUT2D eigenvalue weighted by Crippen LogP contribution is -2.38. The minimum Gasteiger partial charge on any atom is -0.377 e. The molecule has 0 aliphatic carbocycles. The van der Waals surface area contributed by atoms with Crippen LogP contribution in [0.5, 0.6) is 0 Å². The number of aliphatic imine (C=N–C) groups is 1. The molecule has 0 bridgehead atoms. The lowest BCUT2D eigenvalue weighted by atomic mass is 10.1. The molecule has 0 saturated carbocycles. The zero-order valence-corrected chi connectivity index (χ0v) is 15.9. The Bertz CT molecular complexity index is 565. The largest absolute Gasteiger partial charge is 0.377 e. The van der Waals surface area contributed by atoms with Gasteiger partial charge in [-0.25, -0.2) is 0 Å². The zero-order valence-electron chi connectivity index (χ0n) is 14.3. The molecule has 0 unspecified atom stereocenters. The third kappa shape index (κ3) is 5.70. The molecular weight excluding hydrogens is 356 g/mol. The van der Waals surface area contributed by atoms with Gasteiger partial charge in [-0.1, -0.05) is 11.6 Å². The Morgan fingerprint density at radius 1 is 1.52 bits per heavy atom. The van der Waals surface area contributed by atoms with Gasteiger partial charge >= 0.3 is 0 Å². The van der Waals surface area contributed by atoms with E-state index in [2.05, 4.69) is 70.1 Å². The number of aryl methyl sites for hydroxylation is 1. The molecule has 2 heterocycles. The Labute approximate surface area is 147 Å². The Balaban J connectivity index is 1.94. The van der Waals surface area contributed by atoms with E-state index in [9.17, 15) is 0 Å². The Hall–Kier alpha value is -1.27. The maximum absolute atomic E-state index is 5.34. The zero-order chi connectivity index (χ0) is 16.7. The lowest BCUT2D eigenvalue weighted by Gasteiger charge is -2.22. The van der Waals surface area contributed by atoms with Gasteiger partial charge in [-0.3, -0.25) is 4.99 Å². The van der Waals surface area contributed by atoms with Gasteiger partial charge in [-0.05, 0) is 41.8 Å². The number of nitrogens with zero attached hydrogens (tertiary/aromatic N) is 3. The van der Waals surface area contributed by atoms with Gasteiger partial charge < -0.3 is 19.5 Å². The van der Waals surface area contributed by atoms with E-state index in [4.69, 9.17) is 9.73 Å². The van der Waals surface area contributed by atoms with E-state index in [0.29, 0.717) is 0 Å². The molecule has 23 heavy (non-hydrogen) atoms. The van der Waals surface area contributed by atoms with Gasteiger partial charge in [0.15, 0.2) is 5.96 Å². The molecule has 0 saturated heterocycles. The molecular formula is C17H27BrN4O. The summed E-state index contributed by atoms with van der Waals surface area (Å²) in [6.07, 6.45) is 6.32. The van der Waals surface area contributed by atoms with Crippen LogP contribution in [0.25, 0.3) is 0 Å². The van der Waals surface area contributed by atoms with E-state index in [0.717, 1.165) is 56.1 Å². The van der Waals surface area contributed by atoms with Crippen LogP contribution in [0.3, 0.4) is 0 Å². The fraction of sp³-hybridized carbons (Fsp3) is 0.588. The van der Waals surface area contributed by atoms with Crippen molar-refractivity contribution < 1.29 is 4.74 Å². The van der Waals surface area contributed by atoms with Crippen LogP contribution in [0, 0.1) is 0 Å². The summed E-state index contributed by atoms with van der Waals surface area (Å²) in [7, 11) is 4.14. The van der Waals surface area contributed by atoms with Crippen molar-refractivity contribution in [2.45, 2.75) is 26.3 Å². The molecule has 128 valence electrons. The van der Waals surface area contributed by atoms with Gasteiger partial charge in [0.05, 0.1) is 19.8 Å². The van der Waals surface area contributed by atoms with Crippen molar-refractivity contribution in [1.82, 2.24) is 14.8 Å². The summed E-state index contributed by atoms with van der Waals surface area (Å²) < 4.78 is 8.59. The van der Waals surface area contributed by atoms with Crippen LogP contribution in [0.15, 0.2) is 33.4 Å². The molecule has 1 aromatic heterocycles. The number of rotatable bonds is 6. The third-order valence-corrected chi connectivity index (χ3v) is 4.36. The molecule has 1 N–H and O–H groups in total. The predicted molar refractivity (Wildman–Crippen MR) is 98.7 cm³/mol. The first-order chi connectivity index (χ1) is 11.1. The van der Waals surface area contributed by atoms with Crippen molar-refractivity contribution in [3.63, 3.8) is 0 Å². The van der Waals surface area contributed by atoms with Crippen LogP contribution in [0.4, 0.5) is 0 Å². The number of guanidine groups is 1. The highest BCUT2D eigenvalue weighted by Crippen LogP contribution is 2.15. The standard InChI is InChI=1S/C17H27BrN4O/c1-4-19-17(20-8-5-14-6-9-23-10-7-14)22(3)13-16-11-15(18)12-21(16)2/h6,11-12H,4-5,7-10,13H2,1-3H3,(H,19,20). The Morgan fingerprint density at radius 3 is 2.96 bits per heavy atom. The van der Waals surface area contributed by atoms with Gasteiger partial charge in [-0.2, -0.15) is 0 Å². The highest BCUT2D eigenvalue weighted by molar-refractivity contribution is 9.10. The summed E-state index contributed by atoms with van der Waals surface area (Å²) in [5.41, 5.74) is 2.71. The van der Waals surface area contributed by atoms with E-state index >= 15 is 0 Å². The Morgan fingerprint density at radius 2 is 2.35 bits per heavy atom. The number of nitrogens with one attached hydrogen (secondary N) is 1. The predicted octanol–water partition coefficient (Wildman–Crippen LogP) is 2.92. The second-order valence-electron chi connectivity index (χ2n) is 5.79. The highest BCUT2D eigenvalue weighted by atomic mass is 79.9. The van der Waals surface area contributed by atoms with Gasteiger partial charge in [0, 0.05) is 43.5 Å². The van der Waals surface area contributed by atoms with Gasteiger partial charge in [0.1, 0.15) is 0 Å². The molecule has 6 heteroatoms. The van der Waals surface area contributed by atoms with E-state index in [1.807, 2.05) is 0 Å². The van der Waals surface area contributed by atoms with Crippen LogP contribution in [0.1, 0.15) is 25.5 Å². The minimum absolute atomic E-state index is 0.751. The molecule has 0 atom stereocenters. The summed E-state index contributed by atoms with van der Waals surface area (Å²) in [4.78, 5) is 6.94. The van der Waals surface area contributed by atoms with Crippen LogP contribution in [0.2, 0.25) is 0 Å². The van der Waals surface area contributed by atoms with Crippen molar-refractivity contribution in [1.29, 1.82) is 0 Å². The molecule has 1 aromatic rings. The number of aromatic nitrogens is 1. The van der Waals surface area contributed by atoms with Crippen molar-refractivity contribution in [2.75, 3.05) is 33.4 Å². The first kappa shape index (κ1) is 18.1. The summed E-state index contributed by atoms with van der Waals surface area (Å²) in [6.45, 7) is 6.21. The van der Waals surface area contributed by atoms with Gasteiger partial charge in [-0.15, -0.1) is 0 Å². The fourth-order valence-electron chi connectivity index (χ4n) is 2.61. The third-order valence-electron chi connectivity index (χ3n) is 3.92. The molecule has 5 nitrogen and oxygen atoms in total. The average Bonchev–Trinajstić information content (AvgIpc) is 2.85. The molecule has 0 spiro atoms. The molecule has 1 aliphatic rings. The first-order valence-corrected chi connectivity index (χ1v) is 8.95. The summed E-state index contributed by atoms with van der Waals surface area (Å²) in [5, 5.41) is 3.38. The monoisotopic (exact) mass is 382 g/mol. The maximum atomic E-state index is 5.34. The second-order valence-corrected chi connectivity index (χ2v) is 6.71. The molecule has 2 rings (SSSR count). The topological polar surface area (TPSA) is 41.8 Å². The van der Waals surface area contributed by atoms with Crippen LogP contribution >= 0.6 is 15.9 Å². The highest BCUT2D eigenvalue weighted by Gasteiger charge is 2.10. The van der Waals surface area contributed by atoms with Crippen molar-refractivity contribution in [3.8, 4) is 0 Å². The number of halogens is 1. The smallest absolute Gasteiger partial charge is 0.194 e. The van der Waals surface area contributed by atoms with E-state index in [-0.39, 0.29) is 0 Å². The summed E-state index contributed by atoms with van der Waals surface area (Å²) in [6, 6.07) is 2.15. The lowest BCUT2D eigenvalue weighted by molar-refractivity contribution is 0.153. The molecule has 0 aromatic carbocycles. The van der Waals surface area contributed by atoms with Crippen LogP contribution in [-0.4, -0.2) is 48.8 Å². The fourth-order valence-corrected chi connectivity index (χ4v) is 3.18. The van der Waals surface area contributed by atoms with Crippen LogP contribution in [-0.2, 0) is 18.3 Å². The summed E-state index contributed by atoms with van der Waals surface area (Å²) >= 11 is 3.53. The van der Waals surface area contributed by atoms with E-state index < -0.39 is 0 Å². The first-order valence-electron chi connectivity index (χ1n) is 8.16. The van der Waals surface area contributed by atoms with Crippen LogP contribution < -0.4 is 5.32 Å². The SMILES string of the molecule is CCNC(=NCCC1=CCOCC1)N(C)Cc1cc(Br)cn1C. The number of hydrogen-bond donors (Lipinski definition) is 1. The van der Waals surface area contributed by atoms with Crippen molar-refractivity contribution in [2.24, 2.45) is 12.0 Å². The average molecular weight is 383 g/mol. The van der Waals surface area contributed by atoms with Gasteiger partial charge in [0.25, 0.3) is 0 Å². The Kier molecular flexibility index (Phi) is 7.17. The molecule has 1 aliphatic heterocycles. The van der Waals surface area contributed by atoms with Crippen molar-refractivity contribution in [3.05, 3.63) is 34.1 Å². The van der Waals surface area contributed by atoms with Gasteiger partial charge in [0.2, 0.25) is 0 Å². The quantitative estimate of drug-likeness (QED) is 0.467. The molecule has 0 fully saturated rings.